The summed E-state index contributed by atoms with van der Waals surface area (Å²) in [5.41, 5.74) is 1.05. The number of rotatable bonds is 5. The van der Waals surface area contributed by atoms with Crippen molar-refractivity contribution in [2.24, 2.45) is 0 Å². The lowest BCUT2D eigenvalue weighted by Crippen LogP contribution is -2.27. The maximum atomic E-state index is 4.66. The van der Waals surface area contributed by atoms with Crippen molar-refractivity contribution < 1.29 is 0 Å². The molecule has 1 aromatic rings. The molecule has 0 radical (unpaired) electrons. The van der Waals surface area contributed by atoms with Gasteiger partial charge in [-0.2, -0.15) is 11.8 Å². The smallest absolute Gasteiger partial charge is 0.133 e. The molecule has 0 amide bonds. The quantitative estimate of drug-likeness (QED) is 0.884. The highest BCUT2D eigenvalue weighted by Gasteiger charge is 2.27. The van der Waals surface area contributed by atoms with E-state index >= 15 is 0 Å². The molecule has 106 valence electrons. The van der Waals surface area contributed by atoms with Crippen molar-refractivity contribution in [2.45, 2.75) is 64.2 Å². The highest BCUT2D eigenvalue weighted by molar-refractivity contribution is 7.99. The second-order valence-corrected chi connectivity index (χ2v) is 7.10. The van der Waals surface area contributed by atoms with Gasteiger partial charge in [0.05, 0.1) is 0 Å². The summed E-state index contributed by atoms with van der Waals surface area (Å²) in [5, 5.41) is 4.38. The third kappa shape index (κ3) is 3.85. The number of aromatic nitrogens is 2. The van der Waals surface area contributed by atoms with Gasteiger partial charge in [0.25, 0.3) is 0 Å². The summed E-state index contributed by atoms with van der Waals surface area (Å²) in [6.45, 7) is 8.57. The van der Waals surface area contributed by atoms with Crippen LogP contribution in [-0.4, -0.2) is 27.0 Å². The fourth-order valence-corrected chi connectivity index (χ4v) is 3.82. The molecule has 1 N–H and O–H groups in total. The fraction of sp³-hybridized carbons (Fsp3) is 0.733. The molecule has 1 aromatic heterocycles. The largest absolute Gasteiger partial charge is 0.366 e. The lowest BCUT2D eigenvalue weighted by molar-refractivity contribution is 0.738. The van der Waals surface area contributed by atoms with E-state index < -0.39 is 0 Å². The molecule has 2 atom stereocenters. The minimum atomic E-state index is 0.379. The molecule has 0 spiro atoms. The Kier molecular flexibility index (Phi) is 5.08. The summed E-state index contributed by atoms with van der Waals surface area (Å²) >= 11 is 2.08. The molecule has 19 heavy (non-hydrogen) atoms. The summed E-state index contributed by atoms with van der Waals surface area (Å²) in [6, 6.07) is 2.64. The molecule has 0 saturated heterocycles. The predicted molar refractivity (Wildman–Crippen MR) is 84.0 cm³/mol. The van der Waals surface area contributed by atoms with E-state index in [1.807, 2.05) is 6.92 Å². The van der Waals surface area contributed by atoms with Crippen LogP contribution in [0.5, 0.6) is 0 Å². The van der Waals surface area contributed by atoms with Crippen LogP contribution in [0.1, 0.15) is 57.5 Å². The molecule has 1 aliphatic rings. The third-order valence-electron chi connectivity index (χ3n) is 3.55. The minimum Gasteiger partial charge on any atom is -0.366 e. The maximum Gasteiger partial charge on any atom is 0.133 e. The highest BCUT2D eigenvalue weighted by Crippen LogP contribution is 2.32. The summed E-state index contributed by atoms with van der Waals surface area (Å²) in [5.74, 6) is 3.53. The lowest BCUT2D eigenvalue weighted by Gasteiger charge is -2.21. The standard InChI is InChI=1S/C15H25N3S/c1-5-19-13-8-6-7-12(13)17-14-9-11(4)16-15(18-14)10(2)3/h9-10,12-13H,5-8H2,1-4H3,(H,16,17,18). The van der Waals surface area contributed by atoms with E-state index in [0.717, 1.165) is 22.6 Å². The first-order valence-corrected chi connectivity index (χ1v) is 8.38. The van der Waals surface area contributed by atoms with E-state index in [1.165, 1.54) is 25.0 Å². The second kappa shape index (κ2) is 6.60. The Morgan fingerprint density at radius 3 is 2.84 bits per heavy atom. The zero-order valence-electron chi connectivity index (χ0n) is 12.4. The molecule has 2 rings (SSSR count). The van der Waals surface area contributed by atoms with Crippen molar-refractivity contribution in [3.8, 4) is 0 Å². The van der Waals surface area contributed by atoms with Gasteiger partial charge in [0.1, 0.15) is 11.6 Å². The van der Waals surface area contributed by atoms with Crippen molar-refractivity contribution in [3.05, 3.63) is 17.6 Å². The van der Waals surface area contributed by atoms with E-state index in [4.69, 9.17) is 0 Å². The fourth-order valence-electron chi connectivity index (χ4n) is 2.62. The van der Waals surface area contributed by atoms with Crippen LogP contribution in [-0.2, 0) is 0 Å². The predicted octanol–water partition coefficient (Wildman–Crippen LogP) is 3.99. The first-order chi connectivity index (χ1) is 9.10. The van der Waals surface area contributed by atoms with Gasteiger partial charge in [-0.05, 0) is 25.5 Å². The molecule has 3 nitrogen and oxygen atoms in total. The highest BCUT2D eigenvalue weighted by atomic mass is 32.2. The monoisotopic (exact) mass is 279 g/mol. The molecule has 0 aromatic carbocycles. The van der Waals surface area contributed by atoms with Gasteiger partial charge in [0, 0.05) is 29.0 Å². The van der Waals surface area contributed by atoms with Crippen molar-refractivity contribution in [3.63, 3.8) is 0 Å². The normalized spacial score (nSPS) is 23.0. The average molecular weight is 279 g/mol. The molecule has 0 aliphatic heterocycles. The molecular formula is C15H25N3S. The maximum absolute atomic E-state index is 4.66. The van der Waals surface area contributed by atoms with Crippen LogP contribution >= 0.6 is 11.8 Å². The van der Waals surface area contributed by atoms with Gasteiger partial charge in [-0.1, -0.05) is 27.2 Å². The first-order valence-electron chi connectivity index (χ1n) is 7.34. The van der Waals surface area contributed by atoms with Gasteiger partial charge < -0.3 is 5.32 Å². The Morgan fingerprint density at radius 2 is 2.16 bits per heavy atom. The summed E-state index contributed by atoms with van der Waals surface area (Å²) < 4.78 is 0. The number of hydrogen-bond acceptors (Lipinski definition) is 4. The van der Waals surface area contributed by atoms with Crippen LogP contribution in [0.25, 0.3) is 0 Å². The lowest BCUT2D eigenvalue weighted by atomic mass is 10.2. The molecule has 1 heterocycles. The van der Waals surface area contributed by atoms with Crippen molar-refractivity contribution in [1.29, 1.82) is 0 Å². The van der Waals surface area contributed by atoms with Crippen LogP contribution in [0.15, 0.2) is 6.07 Å². The number of nitrogens with one attached hydrogen (secondary N) is 1. The Hall–Kier alpha value is -0.770. The van der Waals surface area contributed by atoms with E-state index in [9.17, 15) is 0 Å². The summed E-state index contributed by atoms with van der Waals surface area (Å²) in [7, 11) is 0. The van der Waals surface area contributed by atoms with Crippen LogP contribution in [0.4, 0.5) is 5.82 Å². The topological polar surface area (TPSA) is 37.8 Å². The molecule has 1 aliphatic carbocycles. The van der Waals surface area contributed by atoms with Crippen LogP contribution in [0.3, 0.4) is 0 Å². The van der Waals surface area contributed by atoms with E-state index in [1.54, 1.807) is 0 Å². The van der Waals surface area contributed by atoms with Crippen LogP contribution in [0.2, 0.25) is 0 Å². The van der Waals surface area contributed by atoms with Gasteiger partial charge in [-0.3, -0.25) is 0 Å². The van der Waals surface area contributed by atoms with E-state index in [2.05, 4.69) is 53.9 Å². The Labute approximate surface area is 121 Å². The summed E-state index contributed by atoms with van der Waals surface area (Å²) in [6.07, 6.45) is 3.92. The molecular weight excluding hydrogens is 254 g/mol. The zero-order valence-corrected chi connectivity index (χ0v) is 13.3. The SMILES string of the molecule is CCSC1CCCC1Nc1cc(C)nc(C(C)C)n1. The van der Waals surface area contributed by atoms with E-state index in [0.29, 0.717) is 12.0 Å². The number of anilines is 1. The Balaban J connectivity index is 2.09. The van der Waals surface area contributed by atoms with Crippen LogP contribution < -0.4 is 5.32 Å². The number of hydrogen-bond donors (Lipinski definition) is 1. The van der Waals surface area contributed by atoms with Gasteiger partial charge >= 0.3 is 0 Å². The number of thioether (sulfide) groups is 1. The molecule has 1 saturated carbocycles. The molecule has 0 bridgehead atoms. The number of nitrogens with zero attached hydrogens (tertiary/aromatic N) is 2. The Bertz CT molecular complexity index is 420. The van der Waals surface area contributed by atoms with Gasteiger partial charge in [-0.25, -0.2) is 9.97 Å². The van der Waals surface area contributed by atoms with Gasteiger partial charge in [0.2, 0.25) is 0 Å². The third-order valence-corrected chi connectivity index (χ3v) is 4.88. The van der Waals surface area contributed by atoms with Crippen molar-refractivity contribution in [2.75, 3.05) is 11.1 Å². The molecule has 1 fully saturated rings. The van der Waals surface area contributed by atoms with Crippen molar-refractivity contribution >= 4 is 17.6 Å². The summed E-state index contributed by atoms with van der Waals surface area (Å²) in [4.78, 5) is 9.17. The molecule has 4 heteroatoms. The average Bonchev–Trinajstić information content (AvgIpc) is 2.76. The van der Waals surface area contributed by atoms with Gasteiger partial charge in [0.15, 0.2) is 0 Å². The number of aryl methyl sites for hydroxylation is 1. The van der Waals surface area contributed by atoms with Crippen molar-refractivity contribution in [1.82, 2.24) is 9.97 Å². The van der Waals surface area contributed by atoms with Gasteiger partial charge in [-0.15, -0.1) is 0 Å². The first kappa shape index (κ1) is 14.6. The van der Waals surface area contributed by atoms with E-state index in [-0.39, 0.29) is 0 Å². The zero-order chi connectivity index (χ0) is 13.8. The minimum absolute atomic E-state index is 0.379. The Morgan fingerprint density at radius 1 is 1.37 bits per heavy atom. The second-order valence-electron chi connectivity index (χ2n) is 5.58. The van der Waals surface area contributed by atoms with Crippen LogP contribution in [0, 0.1) is 6.92 Å². The molecule has 2 unspecified atom stereocenters.